The second-order valence-corrected chi connectivity index (χ2v) is 4.93. The van der Waals surface area contributed by atoms with E-state index in [0.29, 0.717) is 12.8 Å². The van der Waals surface area contributed by atoms with Gasteiger partial charge in [0.05, 0.1) is 23.5 Å². The van der Waals surface area contributed by atoms with E-state index in [9.17, 15) is 18.0 Å². The molecular weight excluding hydrogens is 285 g/mol. The molecule has 116 valence electrons. The summed E-state index contributed by atoms with van der Waals surface area (Å²) in [6, 6.07) is 4.30. The molecule has 1 fully saturated rings. The van der Waals surface area contributed by atoms with Gasteiger partial charge in [0.15, 0.2) is 0 Å². The van der Waals surface area contributed by atoms with Gasteiger partial charge in [0.1, 0.15) is 6.54 Å². The van der Waals surface area contributed by atoms with Crippen molar-refractivity contribution in [3.05, 3.63) is 23.8 Å². The Morgan fingerprint density at radius 2 is 2.10 bits per heavy atom. The minimum Gasteiger partial charge on any atom is -0.462 e. The summed E-state index contributed by atoms with van der Waals surface area (Å²) in [5, 5.41) is 0. The number of benzene rings is 1. The van der Waals surface area contributed by atoms with Crippen LogP contribution in [0.4, 0.5) is 24.5 Å². The van der Waals surface area contributed by atoms with Crippen LogP contribution in [0.25, 0.3) is 0 Å². The fourth-order valence-electron chi connectivity index (χ4n) is 2.18. The first-order valence-electron chi connectivity index (χ1n) is 6.72. The number of para-hydroxylation sites is 1. The summed E-state index contributed by atoms with van der Waals surface area (Å²) in [7, 11) is 0. The van der Waals surface area contributed by atoms with Gasteiger partial charge in [-0.3, -0.25) is 0 Å². The molecule has 0 amide bonds. The molecule has 1 saturated carbocycles. The van der Waals surface area contributed by atoms with Crippen LogP contribution >= 0.6 is 0 Å². The Kier molecular flexibility index (Phi) is 4.29. The highest BCUT2D eigenvalue weighted by Gasteiger charge is 2.39. The number of nitrogens with two attached hydrogens (primary N) is 1. The number of carbonyl (C=O) groups excluding carboxylic acids is 1. The number of hydrogen-bond acceptors (Lipinski definition) is 4. The normalized spacial score (nSPS) is 14.9. The largest absolute Gasteiger partial charge is 0.462 e. The topological polar surface area (TPSA) is 55.6 Å². The average Bonchev–Trinajstić information content (AvgIpc) is 3.20. The van der Waals surface area contributed by atoms with E-state index in [1.54, 1.807) is 6.92 Å². The van der Waals surface area contributed by atoms with E-state index in [1.165, 1.54) is 23.1 Å². The lowest BCUT2D eigenvalue weighted by Crippen LogP contribution is -2.36. The predicted octanol–water partition coefficient (Wildman–Crippen LogP) is 2.98. The van der Waals surface area contributed by atoms with Crippen LogP contribution in [0.5, 0.6) is 0 Å². The average molecular weight is 302 g/mol. The summed E-state index contributed by atoms with van der Waals surface area (Å²) < 4.78 is 43.0. The van der Waals surface area contributed by atoms with Gasteiger partial charge in [-0.05, 0) is 31.9 Å². The highest BCUT2D eigenvalue weighted by atomic mass is 19.4. The van der Waals surface area contributed by atoms with E-state index in [0.717, 1.165) is 0 Å². The Labute approximate surface area is 120 Å². The van der Waals surface area contributed by atoms with Crippen molar-refractivity contribution in [2.24, 2.45) is 0 Å². The molecule has 0 atom stereocenters. The number of ether oxygens (including phenoxy) is 1. The van der Waals surface area contributed by atoms with Crippen LogP contribution in [0.1, 0.15) is 30.1 Å². The van der Waals surface area contributed by atoms with Crippen LogP contribution in [0.3, 0.4) is 0 Å². The van der Waals surface area contributed by atoms with E-state index in [4.69, 9.17) is 10.5 Å². The highest BCUT2D eigenvalue weighted by molar-refractivity contribution is 5.98. The number of carbonyl (C=O) groups is 1. The molecule has 0 saturated heterocycles. The molecule has 1 aromatic carbocycles. The maximum atomic E-state index is 12.7. The first-order valence-corrected chi connectivity index (χ1v) is 6.72. The van der Waals surface area contributed by atoms with E-state index in [1.807, 2.05) is 0 Å². The second-order valence-electron chi connectivity index (χ2n) is 4.93. The van der Waals surface area contributed by atoms with Gasteiger partial charge in [0.25, 0.3) is 0 Å². The number of nitrogen functional groups attached to an aromatic ring is 1. The molecule has 1 aliphatic carbocycles. The maximum Gasteiger partial charge on any atom is 0.405 e. The van der Waals surface area contributed by atoms with Crippen molar-refractivity contribution in [2.45, 2.75) is 32.0 Å². The van der Waals surface area contributed by atoms with Crippen molar-refractivity contribution in [1.82, 2.24) is 0 Å². The summed E-state index contributed by atoms with van der Waals surface area (Å²) >= 11 is 0. The van der Waals surface area contributed by atoms with Crippen molar-refractivity contribution >= 4 is 17.3 Å². The van der Waals surface area contributed by atoms with Crippen LogP contribution in [-0.2, 0) is 4.74 Å². The lowest BCUT2D eigenvalue weighted by Gasteiger charge is -2.27. The number of alkyl halides is 3. The van der Waals surface area contributed by atoms with Crippen LogP contribution in [-0.4, -0.2) is 31.3 Å². The van der Waals surface area contributed by atoms with Gasteiger partial charge in [-0.2, -0.15) is 13.2 Å². The first kappa shape index (κ1) is 15.5. The molecule has 0 spiro atoms. The number of hydrogen-bond donors (Lipinski definition) is 1. The standard InChI is InChI=1S/C14H17F3N2O2/c1-2-21-13(20)10-4-3-5-11(12(10)18)19(9-6-7-9)8-14(15,16)17/h3-5,9H,2,6-8,18H2,1H3. The summed E-state index contributed by atoms with van der Waals surface area (Å²) in [6.07, 6.45) is -2.94. The predicted molar refractivity (Wildman–Crippen MR) is 73.2 cm³/mol. The lowest BCUT2D eigenvalue weighted by atomic mass is 10.1. The molecule has 2 rings (SSSR count). The Morgan fingerprint density at radius 3 is 2.62 bits per heavy atom. The molecule has 1 aromatic rings. The number of esters is 1. The molecule has 0 aliphatic heterocycles. The zero-order valence-corrected chi connectivity index (χ0v) is 11.6. The monoisotopic (exact) mass is 302 g/mol. The van der Waals surface area contributed by atoms with E-state index >= 15 is 0 Å². The summed E-state index contributed by atoms with van der Waals surface area (Å²) in [4.78, 5) is 13.0. The quantitative estimate of drug-likeness (QED) is 0.671. The van der Waals surface area contributed by atoms with Crippen LogP contribution < -0.4 is 10.6 Å². The van der Waals surface area contributed by atoms with Crippen molar-refractivity contribution in [2.75, 3.05) is 23.8 Å². The Bertz CT molecular complexity index is 527. The molecule has 7 heteroatoms. The van der Waals surface area contributed by atoms with Gasteiger partial charge < -0.3 is 15.4 Å². The zero-order valence-electron chi connectivity index (χ0n) is 11.6. The summed E-state index contributed by atoms with van der Waals surface area (Å²) in [5.74, 6) is -0.625. The van der Waals surface area contributed by atoms with E-state index < -0.39 is 18.7 Å². The molecule has 0 radical (unpaired) electrons. The first-order chi connectivity index (χ1) is 9.83. The fourth-order valence-corrected chi connectivity index (χ4v) is 2.18. The highest BCUT2D eigenvalue weighted by Crippen LogP contribution is 2.38. The second kappa shape index (κ2) is 5.83. The molecule has 1 aliphatic rings. The van der Waals surface area contributed by atoms with Crippen molar-refractivity contribution in [3.8, 4) is 0 Å². The van der Waals surface area contributed by atoms with Crippen LogP contribution in [0.15, 0.2) is 18.2 Å². The minimum atomic E-state index is -4.32. The molecule has 4 nitrogen and oxygen atoms in total. The minimum absolute atomic E-state index is 0.0344. The smallest absolute Gasteiger partial charge is 0.405 e. The number of anilines is 2. The number of nitrogens with zero attached hydrogens (tertiary/aromatic N) is 1. The Balaban J connectivity index is 2.33. The van der Waals surface area contributed by atoms with Crippen LogP contribution in [0, 0.1) is 0 Å². The molecular formula is C14H17F3N2O2. The molecule has 21 heavy (non-hydrogen) atoms. The van der Waals surface area contributed by atoms with Crippen molar-refractivity contribution in [3.63, 3.8) is 0 Å². The Hall–Kier alpha value is -1.92. The third kappa shape index (κ3) is 3.80. The molecule has 0 heterocycles. The van der Waals surface area contributed by atoms with E-state index in [2.05, 4.69) is 0 Å². The molecule has 0 aromatic heterocycles. The van der Waals surface area contributed by atoms with Gasteiger partial charge in [-0.15, -0.1) is 0 Å². The van der Waals surface area contributed by atoms with E-state index in [-0.39, 0.29) is 29.6 Å². The van der Waals surface area contributed by atoms with Crippen molar-refractivity contribution in [1.29, 1.82) is 0 Å². The lowest BCUT2D eigenvalue weighted by molar-refractivity contribution is -0.119. The third-order valence-corrected chi connectivity index (χ3v) is 3.23. The number of rotatable bonds is 5. The van der Waals surface area contributed by atoms with Gasteiger partial charge >= 0.3 is 12.1 Å². The maximum absolute atomic E-state index is 12.7. The van der Waals surface area contributed by atoms with Gasteiger partial charge in [-0.1, -0.05) is 6.07 Å². The Morgan fingerprint density at radius 1 is 1.43 bits per heavy atom. The van der Waals surface area contributed by atoms with Gasteiger partial charge in [0.2, 0.25) is 0 Å². The number of halogens is 3. The summed E-state index contributed by atoms with van der Waals surface area (Å²) in [6.45, 7) is 0.754. The summed E-state index contributed by atoms with van der Waals surface area (Å²) in [5.41, 5.74) is 6.26. The van der Waals surface area contributed by atoms with Crippen LogP contribution in [0.2, 0.25) is 0 Å². The van der Waals surface area contributed by atoms with Crippen molar-refractivity contribution < 1.29 is 22.7 Å². The SMILES string of the molecule is CCOC(=O)c1cccc(N(CC(F)(F)F)C2CC2)c1N. The zero-order chi connectivity index (χ0) is 15.6. The fraction of sp³-hybridized carbons (Fsp3) is 0.500. The molecule has 0 bridgehead atoms. The molecule has 0 unspecified atom stereocenters. The third-order valence-electron chi connectivity index (χ3n) is 3.23. The van der Waals surface area contributed by atoms with Gasteiger partial charge in [-0.25, -0.2) is 4.79 Å². The molecule has 2 N–H and O–H groups in total. The van der Waals surface area contributed by atoms with Gasteiger partial charge in [0, 0.05) is 6.04 Å².